The SMILES string of the molecule is O=C(CSc1c[nH]c2ccccc12)N1CCCC(Oc2nccc(C(F)(F)F)n2)C1. The molecule has 1 aromatic carbocycles. The molecule has 4 rings (SSSR count). The molecular formula is C20H19F3N4O2S. The predicted molar refractivity (Wildman–Crippen MR) is 106 cm³/mol. The van der Waals surface area contributed by atoms with Gasteiger partial charge < -0.3 is 14.6 Å². The summed E-state index contributed by atoms with van der Waals surface area (Å²) in [5.74, 6) is 0.234. The van der Waals surface area contributed by atoms with Crippen LogP contribution in [0.4, 0.5) is 13.2 Å². The summed E-state index contributed by atoms with van der Waals surface area (Å²) < 4.78 is 44.0. The van der Waals surface area contributed by atoms with Crippen LogP contribution in [0, 0.1) is 0 Å². The summed E-state index contributed by atoms with van der Waals surface area (Å²) in [6, 6.07) is 8.34. The minimum atomic E-state index is -4.56. The molecule has 10 heteroatoms. The van der Waals surface area contributed by atoms with Gasteiger partial charge in [0, 0.05) is 34.7 Å². The maximum absolute atomic E-state index is 12.8. The Kier molecular flexibility index (Phi) is 5.85. The van der Waals surface area contributed by atoms with Gasteiger partial charge in [0.2, 0.25) is 5.91 Å². The van der Waals surface area contributed by atoms with E-state index in [-0.39, 0.29) is 17.7 Å². The van der Waals surface area contributed by atoms with Gasteiger partial charge in [-0.2, -0.15) is 18.2 Å². The van der Waals surface area contributed by atoms with Crippen LogP contribution in [-0.2, 0) is 11.0 Å². The summed E-state index contributed by atoms with van der Waals surface area (Å²) in [6.07, 6.45) is -0.768. The van der Waals surface area contributed by atoms with Crippen LogP contribution in [0.1, 0.15) is 18.5 Å². The van der Waals surface area contributed by atoms with Crippen molar-refractivity contribution in [3.05, 3.63) is 48.4 Å². The number of nitrogens with zero attached hydrogens (tertiary/aromatic N) is 3. The van der Waals surface area contributed by atoms with Gasteiger partial charge in [0.25, 0.3) is 0 Å². The van der Waals surface area contributed by atoms with Gasteiger partial charge in [0.1, 0.15) is 6.10 Å². The Labute approximate surface area is 174 Å². The number of aromatic amines is 1. The Morgan fingerprint density at radius 2 is 2.13 bits per heavy atom. The zero-order valence-corrected chi connectivity index (χ0v) is 16.7. The highest BCUT2D eigenvalue weighted by molar-refractivity contribution is 8.00. The van der Waals surface area contributed by atoms with Gasteiger partial charge in [0.05, 0.1) is 12.3 Å². The van der Waals surface area contributed by atoms with Crippen LogP contribution in [0.5, 0.6) is 6.01 Å². The molecule has 1 N–H and O–H groups in total. The molecule has 0 spiro atoms. The fourth-order valence-corrected chi connectivity index (χ4v) is 4.30. The Hall–Kier alpha value is -2.75. The molecule has 1 saturated heterocycles. The molecule has 3 heterocycles. The van der Waals surface area contributed by atoms with Crippen LogP contribution >= 0.6 is 11.8 Å². The number of nitrogens with one attached hydrogen (secondary N) is 1. The van der Waals surface area contributed by atoms with E-state index >= 15 is 0 Å². The average molecular weight is 436 g/mol. The third kappa shape index (κ3) is 4.69. The highest BCUT2D eigenvalue weighted by Crippen LogP contribution is 2.29. The Morgan fingerprint density at radius 3 is 2.97 bits per heavy atom. The largest absolute Gasteiger partial charge is 0.458 e. The minimum Gasteiger partial charge on any atom is -0.458 e. The van der Waals surface area contributed by atoms with Crippen molar-refractivity contribution in [2.45, 2.75) is 30.0 Å². The average Bonchev–Trinajstić information content (AvgIpc) is 3.15. The number of alkyl halides is 3. The number of thioether (sulfide) groups is 1. The lowest BCUT2D eigenvalue weighted by atomic mass is 10.1. The number of H-pyrrole nitrogens is 1. The number of hydrogen-bond acceptors (Lipinski definition) is 5. The van der Waals surface area contributed by atoms with Gasteiger partial charge in [-0.05, 0) is 25.0 Å². The summed E-state index contributed by atoms with van der Waals surface area (Å²) >= 11 is 1.46. The number of fused-ring (bicyclic) bond motifs is 1. The molecule has 158 valence electrons. The van der Waals surface area contributed by atoms with Gasteiger partial charge in [-0.3, -0.25) is 4.79 Å². The number of piperidine rings is 1. The molecule has 1 atom stereocenters. The molecule has 6 nitrogen and oxygen atoms in total. The van der Waals surface area contributed by atoms with Crippen LogP contribution < -0.4 is 4.74 Å². The van der Waals surface area contributed by atoms with Gasteiger partial charge in [-0.1, -0.05) is 18.2 Å². The van der Waals surface area contributed by atoms with Gasteiger partial charge >= 0.3 is 12.2 Å². The fraction of sp³-hybridized carbons (Fsp3) is 0.350. The molecule has 0 saturated carbocycles. The van der Waals surface area contributed by atoms with Crippen molar-refractivity contribution >= 4 is 28.6 Å². The number of likely N-dealkylation sites (tertiary alicyclic amines) is 1. The van der Waals surface area contributed by atoms with Crippen LogP contribution in [0.3, 0.4) is 0 Å². The lowest BCUT2D eigenvalue weighted by Gasteiger charge is -2.32. The lowest BCUT2D eigenvalue weighted by Crippen LogP contribution is -2.45. The van der Waals surface area contributed by atoms with E-state index in [1.807, 2.05) is 30.5 Å². The molecule has 2 aromatic heterocycles. The quantitative estimate of drug-likeness (QED) is 0.609. The first-order valence-electron chi connectivity index (χ1n) is 9.44. The van der Waals surface area contributed by atoms with E-state index in [1.54, 1.807) is 4.90 Å². The van der Waals surface area contributed by atoms with E-state index in [1.165, 1.54) is 11.8 Å². The fourth-order valence-electron chi connectivity index (χ4n) is 3.36. The number of para-hydroxylation sites is 1. The summed E-state index contributed by atoms with van der Waals surface area (Å²) in [6.45, 7) is 0.892. The topological polar surface area (TPSA) is 71.1 Å². The smallest absolute Gasteiger partial charge is 0.433 e. The number of carbonyl (C=O) groups is 1. The third-order valence-electron chi connectivity index (χ3n) is 4.83. The maximum atomic E-state index is 12.8. The van der Waals surface area contributed by atoms with Crippen LogP contribution in [0.25, 0.3) is 10.9 Å². The van der Waals surface area contributed by atoms with E-state index in [0.29, 0.717) is 25.9 Å². The van der Waals surface area contributed by atoms with E-state index < -0.39 is 18.0 Å². The maximum Gasteiger partial charge on any atom is 0.433 e. The second-order valence-corrected chi connectivity index (χ2v) is 7.95. The van der Waals surface area contributed by atoms with E-state index in [4.69, 9.17) is 4.74 Å². The summed E-state index contributed by atoms with van der Waals surface area (Å²) in [5.41, 5.74) is -0.0358. The number of carbonyl (C=O) groups excluding carboxylic acids is 1. The monoisotopic (exact) mass is 436 g/mol. The van der Waals surface area contributed by atoms with E-state index in [0.717, 1.165) is 28.1 Å². The van der Waals surface area contributed by atoms with Crippen molar-refractivity contribution in [1.82, 2.24) is 19.9 Å². The Balaban J connectivity index is 1.35. The van der Waals surface area contributed by atoms with Crippen molar-refractivity contribution in [2.24, 2.45) is 0 Å². The Bertz CT molecular complexity index is 1040. The zero-order chi connectivity index (χ0) is 21.1. The second-order valence-electron chi connectivity index (χ2n) is 6.93. The molecular weight excluding hydrogens is 417 g/mol. The van der Waals surface area contributed by atoms with Crippen LogP contribution in [-0.4, -0.2) is 50.7 Å². The zero-order valence-electron chi connectivity index (χ0n) is 15.9. The number of benzene rings is 1. The second kappa shape index (κ2) is 8.55. The van der Waals surface area contributed by atoms with Crippen molar-refractivity contribution in [3.63, 3.8) is 0 Å². The summed E-state index contributed by atoms with van der Waals surface area (Å²) in [4.78, 5) is 25.7. The van der Waals surface area contributed by atoms with E-state index in [2.05, 4.69) is 15.0 Å². The van der Waals surface area contributed by atoms with Gasteiger partial charge in [-0.25, -0.2) is 4.98 Å². The highest BCUT2D eigenvalue weighted by atomic mass is 32.2. The molecule has 1 unspecified atom stereocenters. The van der Waals surface area contributed by atoms with Crippen molar-refractivity contribution < 1.29 is 22.7 Å². The molecule has 30 heavy (non-hydrogen) atoms. The van der Waals surface area contributed by atoms with Gasteiger partial charge in [0.15, 0.2) is 5.69 Å². The molecule has 1 aliphatic heterocycles. The molecule has 1 fully saturated rings. The normalized spacial score (nSPS) is 17.3. The number of aromatic nitrogens is 3. The minimum absolute atomic E-state index is 0.0384. The standard InChI is InChI=1S/C20H19F3N4O2S/c21-20(22,23)17-7-8-24-19(26-17)29-13-4-3-9-27(11-13)18(28)12-30-16-10-25-15-6-2-1-5-14(15)16/h1-2,5-8,10,13,25H,3-4,9,11-12H2. The molecule has 1 aliphatic rings. The third-order valence-corrected chi connectivity index (χ3v) is 5.87. The highest BCUT2D eigenvalue weighted by Gasteiger charge is 2.33. The van der Waals surface area contributed by atoms with E-state index in [9.17, 15) is 18.0 Å². The van der Waals surface area contributed by atoms with Crippen molar-refractivity contribution in [3.8, 4) is 6.01 Å². The molecule has 0 bridgehead atoms. The first kappa shape index (κ1) is 20.5. The summed E-state index contributed by atoms with van der Waals surface area (Å²) in [7, 11) is 0. The van der Waals surface area contributed by atoms with Crippen LogP contribution in [0.15, 0.2) is 47.6 Å². The van der Waals surface area contributed by atoms with Crippen molar-refractivity contribution in [2.75, 3.05) is 18.8 Å². The number of hydrogen-bond donors (Lipinski definition) is 1. The molecule has 0 aliphatic carbocycles. The Morgan fingerprint density at radius 1 is 1.30 bits per heavy atom. The number of halogens is 3. The lowest BCUT2D eigenvalue weighted by molar-refractivity contribution is -0.141. The molecule has 1 amide bonds. The molecule has 3 aromatic rings. The number of ether oxygens (including phenoxy) is 1. The molecule has 0 radical (unpaired) electrons. The van der Waals surface area contributed by atoms with Crippen LogP contribution in [0.2, 0.25) is 0 Å². The predicted octanol–water partition coefficient (Wildman–Crippen LogP) is 4.14. The number of amides is 1. The number of rotatable bonds is 5. The van der Waals surface area contributed by atoms with Crippen molar-refractivity contribution in [1.29, 1.82) is 0 Å². The van der Waals surface area contributed by atoms with Gasteiger partial charge in [-0.15, -0.1) is 11.8 Å². The first-order valence-corrected chi connectivity index (χ1v) is 10.4. The first-order chi connectivity index (χ1) is 14.4. The summed E-state index contributed by atoms with van der Waals surface area (Å²) in [5, 5.41) is 1.07.